The number of aliphatic hydroxyl groups is 1. The van der Waals surface area contributed by atoms with Crippen LogP contribution in [0.25, 0.3) is 16.9 Å². The predicted molar refractivity (Wildman–Crippen MR) is 146 cm³/mol. The van der Waals surface area contributed by atoms with E-state index in [0.717, 1.165) is 4.90 Å². The number of halogens is 1. The maximum absolute atomic E-state index is 15.1. The minimum atomic E-state index is -1.11. The maximum Gasteiger partial charge on any atom is 0.417 e. The minimum absolute atomic E-state index is 0.0210. The van der Waals surface area contributed by atoms with Gasteiger partial charge in [0.2, 0.25) is 0 Å². The maximum atomic E-state index is 15.1. The third kappa shape index (κ3) is 5.26. The number of benzene rings is 1. The first-order chi connectivity index (χ1) is 19.3. The van der Waals surface area contributed by atoms with E-state index in [1.165, 1.54) is 28.9 Å². The molecule has 0 bridgehead atoms. The standard InChI is InChI=1S/C29H31FN6O5/c1-28(2,3)41-27(38)35-15-20-25(26(35)37)21(13-19(32-20)24-17(14-31)7-6-8-18(24)30)36-12-10-23(33-36)34-11-9-22(40-5)29(4,39)16-34/h6-8,10,12-13,22,39H,9,11,15-16H2,1-5H3/t22-,29+/m1/s1. The summed E-state index contributed by atoms with van der Waals surface area (Å²) in [5, 5.41) is 25.2. The number of nitrogens with zero attached hydrogens (tertiary/aromatic N) is 6. The van der Waals surface area contributed by atoms with Gasteiger partial charge in [0.1, 0.15) is 17.0 Å². The zero-order valence-corrected chi connectivity index (χ0v) is 23.5. The molecule has 1 fully saturated rings. The highest BCUT2D eigenvalue weighted by molar-refractivity contribution is 6.08. The first kappa shape index (κ1) is 28.2. The van der Waals surface area contributed by atoms with Gasteiger partial charge in [0, 0.05) is 25.9 Å². The molecular formula is C29H31FN6O5. The second-order valence-corrected chi connectivity index (χ2v) is 11.4. The molecule has 11 nitrogen and oxygen atoms in total. The zero-order chi connectivity index (χ0) is 29.7. The molecule has 41 heavy (non-hydrogen) atoms. The van der Waals surface area contributed by atoms with Crippen molar-refractivity contribution in [3.05, 3.63) is 59.2 Å². The molecule has 1 saturated heterocycles. The second-order valence-electron chi connectivity index (χ2n) is 11.4. The Hall–Kier alpha value is -4.34. The van der Waals surface area contributed by atoms with Crippen molar-refractivity contribution in [1.82, 2.24) is 19.7 Å². The SMILES string of the molecule is CO[C@@H]1CCN(c2ccn(-c3cc(-c4c(F)cccc4C#N)nc4c3C(=O)N(C(=O)OC(C)(C)C)C4)n2)C[C@]1(C)O. The van der Waals surface area contributed by atoms with Crippen LogP contribution >= 0.6 is 0 Å². The highest BCUT2D eigenvalue weighted by Crippen LogP contribution is 2.35. The Morgan fingerprint density at radius 1 is 1.27 bits per heavy atom. The number of nitriles is 1. The van der Waals surface area contributed by atoms with Gasteiger partial charge in [-0.3, -0.25) is 4.79 Å². The summed E-state index contributed by atoms with van der Waals surface area (Å²) in [5.41, 5.74) is -1.17. The number of aromatic nitrogens is 3. The van der Waals surface area contributed by atoms with Crippen molar-refractivity contribution in [2.45, 2.75) is 58.0 Å². The lowest BCUT2D eigenvalue weighted by Gasteiger charge is -2.42. The molecule has 0 saturated carbocycles. The van der Waals surface area contributed by atoms with Gasteiger partial charge in [-0.05, 0) is 52.3 Å². The van der Waals surface area contributed by atoms with Crippen LogP contribution in [0.5, 0.6) is 0 Å². The molecule has 0 radical (unpaired) electrons. The number of imide groups is 1. The Morgan fingerprint density at radius 3 is 2.68 bits per heavy atom. The predicted octanol–water partition coefficient (Wildman–Crippen LogP) is 3.81. The average Bonchev–Trinajstić information content (AvgIpc) is 3.52. The molecule has 0 spiro atoms. The van der Waals surface area contributed by atoms with Crippen LogP contribution in [0.1, 0.15) is 55.7 Å². The fourth-order valence-electron chi connectivity index (χ4n) is 5.27. The molecule has 12 heteroatoms. The zero-order valence-electron chi connectivity index (χ0n) is 23.5. The normalized spacial score (nSPS) is 20.6. The molecule has 2 aromatic heterocycles. The summed E-state index contributed by atoms with van der Waals surface area (Å²) in [5.74, 6) is -0.733. The Balaban J connectivity index is 1.60. The number of ether oxygens (including phenoxy) is 2. The van der Waals surface area contributed by atoms with Crippen LogP contribution in [-0.4, -0.2) is 74.3 Å². The Labute approximate surface area is 236 Å². The number of hydrogen-bond acceptors (Lipinski definition) is 9. The summed E-state index contributed by atoms with van der Waals surface area (Å²) in [6.45, 7) is 7.45. The van der Waals surface area contributed by atoms with Crippen molar-refractivity contribution in [2.75, 3.05) is 25.1 Å². The van der Waals surface area contributed by atoms with Gasteiger partial charge in [-0.1, -0.05) is 6.07 Å². The van der Waals surface area contributed by atoms with Crippen molar-refractivity contribution in [3.8, 4) is 23.0 Å². The summed E-state index contributed by atoms with van der Waals surface area (Å²) < 4.78 is 27.4. The number of hydrogen-bond donors (Lipinski definition) is 1. The first-order valence-electron chi connectivity index (χ1n) is 13.2. The van der Waals surface area contributed by atoms with E-state index in [1.807, 2.05) is 11.0 Å². The van der Waals surface area contributed by atoms with Gasteiger partial charge in [-0.15, -0.1) is 0 Å². The summed E-state index contributed by atoms with van der Waals surface area (Å²) in [4.78, 5) is 33.9. The molecule has 3 aromatic rings. The van der Waals surface area contributed by atoms with E-state index >= 15 is 4.39 Å². The van der Waals surface area contributed by atoms with Gasteiger partial charge in [0.05, 0.1) is 59.0 Å². The van der Waals surface area contributed by atoms with Crippen LogP contribution < -0.4 is 4.90 Å². The van der Waals surface area contributed by atoms with Gasteiger partial charge in [0.15, 0.2) is 5.82 Å². The number of carbonyl (C=O) groups excluding carboxylic acids is 2. The van der Waals surface area contributed by atoms with Crippen molar-refractivity contribution in [1.29, 1.82) is 5.26 Å². The monoisotopic (exact) mass is 562 g/mol. The van der Waals surface area contributed by atoms with E-state index in [4.69, 9.17) is 9.47 Å². The highest BCUT2D eigenvalue weighted by Gasteiger charge is 2.41. The molecule has 2 aliphatic heterocycles. The fourth-order valence-corrected chi connectivity index (χ4v) is 5.27. The highest BCUT2D eigenvalue weighted by atomic mass is 19.1. The molecule has 2 atom stereocenters. The third-order valence-corrected chi connectivity index (χ3v) is 7.14. The Morgan fingerprint density at radius 2 is 2.02 bits per heavy atom. The summed E-state index contributed by atoms with van der Waals surface area (Å²) in [6.07, 6.45) is 1.07. The average molecular weight is 563 g/mol. The van der Waals surface area contributed by atoms with E-state index in [2.05, 4.69) is 10.1 Å². The molecule has 1 aromatic carbocycles. The molecule has 2 aliphatic rings. The molecular weight excluding hydrogens is 531 g/mol. The van der Waals surface area contributed by atoms with Crippen LogP contribution in [0.3, 0.4) is 0 Å². The first-order valence-corrected chi connectivity index (χ1v) is 13.2. The van der Waals surface area contributed by atoms with Gasteiger partial charge < -0.3 is 19.5 Å². The van der Waals surface area contributed by atoms with Crippen LogP contribution in [0.2, 0.25) is 0 Å². The van der Waals surface area contributed by atoms with Gasteiger partial charge in [-0.25, -0.2) is 23.8 Å². The number of anilines is 1. The lowest BCUT2D eigenvalue weighted by molar-refractivity contribution is -0.0891. The number of carbonyl (C=O) groups is 2. The van der Waals surface area contributed by atoms with Gasteiger partial charge in [0.25, 0.3) is 5.91 Å². The van der Waals surface area contributed by atoms with Crippen molar-refractivity contribution < 1.29 is 28.6 Å². The Bertz CT molecular complexity index is 1570. The number of pyridine rings is 1. The van der Waals surface area contributed by atoms with Crippen LogP contribution in [-0.2, 0) is 16.0 Å². The lowest BCUT2D eigenvalue weighted by Crippen LogP contribution is -2.56. The van der Waals surface area contributed by atoms with Crippen molar-refractivity contribution in [3.63, 3.8) is 0 Å². The third-order valence-electron chi connectivity index (χ3n) is 7.14. The molecule has 0 unspecified atom stereocenters. The second kappa shape index (κ2) is 10.2. The number of β-amino-alcohol motifs (C(OH)–C–C–N with tert-alkyl or cyclic N) is 1. The van der Waals surface area contributed by atoms with E-state index in [-0.39, 0.29) is 53.0 Å². The van der Waals surface area contributed by atoms with Gasteiger partial charge in [-0.2, -0.15) is 10.4 Å². The summed E-state index contributed by atoms with van der Waals surface area (Å²) >= 11 is 0. The van der Waals surface area contributed by atoms with E-state index in [9.17, 15) is 20.0 Å². The van der Waals surface area contributed by atoms with E-state index in [1.54, 1.807) is 47.1 Å². The van der Waals surface area contributed by atoms with Crippen molar-refractivity contribution in [2.24, 2.45) is 0 Å². The van der Waals surface area contributed by atoms with Crippen LogP contribution in [0, 0.1) is 17.1 Å². The topological polar surface area (TPSA) is 134 Å². The van der Waals surface area contributed by atoms with E-state index < -0.39 is 29.0 Å². The molecule has 5 rings (SSSR count). The van der Waals surface area contributed by atoms with Crippen LogP contribution in [0.15, 0.2) is 36.5 Å². The number of fused-ring (bicyclic) bond motifs is 1. The molecule has 1 N–H and O–H groups in total. The number of piperidine rings is 1. The minimum Gasteiger partial charge on any atom is -0.443 e. The number of amides is 2. The fraction of sp³-hybridized carbons (Fsp3) is 0.414. The molecule has 4 heterocycles. The molecule has 214 valence electrons. The number of rotatable bonds is 4. The molecule has 0 aliphatic carbocycles. The molecule has 2 amide bonds. The Kier molecular flexibility index (Phi) is 7.05. The summed E-state index contributed by atoms with van der Waals surface area (Å²) in [6, 6.07) is 9.35. The van der Waals surface area contributed by atoms with E-state index in [0.29, 0.717) is 18.8 Å². The lowest BCUT2D eigenvalue weighted by atomic mass is 9.91. The smallest absolute Gasteiger partial charge is 0.417 e. The number of methoxy groups -OCH3 is 1. The summed E-state index contributed by atoms with van der Waals surface area (Å²) in [7, 11) is 1.57. The van der Waals surface area contributed by atoms with Gasteiger partial charge >= 0.3 is 6.09 Å². The van der Waals surface area contributed by atoms with Crippen molar-refractivity contribution >= 4 is 17.8 Å². The quantitative estimate of drug-likeness (QED) is 0.504. The van der Waals surface area contributed by atoms with Crippen LogP contribution in [0.4, 0.5) is 15.0 Å². The largest absolute Gasteiger partial charge is 0.443 e.